The minimum absolute atomic E-state index is 0.0708. The van der Waals surface area contributed by atoms with Crippen molar-refractivity contribution >= 4 is 51.8 Å². The number of Topliss-reactive ketones (excluding diaryl/α,β-unsaturated/α-hetero) is 1. The number of nitrogens with zero attached hydrogens (tertiary/aromatic N) is 2. The molecule has 152 valence electrons. The van der Waals surface area contributed by atoms with Gasteiger partial charge in [0.1, 0.15) is 11.8 Å². The van der Waals surface area contributed by atoms with E-state index in [4.69, 9.17) is 11.6 Å². The van der Waals surface area contributed by atoms with E-state index in [1.54, 1.807) is 24.3 Å². The van der Waals surface area contributed by atoms with Crippen LogP contribution in [0.15, 0.2) is 71.6 Å². The molecule has 1 aliphatic heterocycles. The maximum absolute atomic E-state index is 13.0. The number of carbonyl (C=O) groups is 2. The second-order valence-electron chi connectivity index (χ2n) is 7.10. The summed E-state index contributed by atoms with van der Waals surface area (Å²) < 4.78 is 0. The van der Waals surface area contributed by atoms with Crippen molar-refractivity contribution in [1.82, 2.24) is 0 Å². The van der Waals surface area contributed by atoms with Crippen LogP contribution in [0.4, 0.5) is 11.4 Å². The number of anilines is 2. The van der Waals surface area contributed by atoms with Gasteiger partial charge in [-0.1, -0.05) is 17.7 Å². The molecular weight excluding hydrogens is 420 g/mol. The van der Waals surface area contributed by atoms with Crippen LogP contribution >= 0.6 is 22.9 Å². The van der Waals surface area contributed by atoms with E-state index < -0.39 is 17.7 Å². The van der Waals surface area contributed by atoms with Crippen molar-refractivity contribution in [2.45, 2.75) is 6.04 Å². The topological polar surface area (TPSA) is 60.9 Å². The summed E-state index contributed by atoms with van der Waals surface area (Å²) in [6, 6.07) is 16.9. The molecule has 0 saturated carbocycles. The van der Waals surface area contributed by atoms with Gasteiger partial charge in [0, 0.05) is 40.9 Å². The predicted octanol–water partition coefficient (Wildman–Crippen LogP) is 5.09. The molecule has 0 bridgehead atoms. The van der Waals surface area contributed by atoms with Crippen LogP contribution < -0.4 is 9.80 Å². The molecule has 4 rings (SSSR count). The number of carbonyl (C=O) groups excluding carboxylic acids is 2. The van der Waals surface area contributed by atoms with E-state index >= 15 is 0 Å². The summed E-state index contributed by atoms with van der Waals surface area (Å²) in [5.74, 6) is -1.59. The van der Waals surface area contributed by atoms with Crippen LogP contribution in [0.2, 0.25) is 5.02 Å². The summed E-state index contributed by atoms with van der Waals surface area (Å²) in [4.78, 5) is 30.2. The fourth-order valence-electron chi connectivity index (χ4n) is 3.49. The van der Waals surface area contributed by atoms with Gasteiger partial charge in [0.15, 0.2) is 0 Å². The molecule has 1 amide bonds. The van der Waals surface area contributed by atoms with Gasteiger partial charge in [0.2, 0.25) is 0 Å². The van der Waals surface area contributed by atoms with Gasteiger partial charge in [-0.15, -0.1) is 11.3 Å². The molecule has 1 atom stereocenters. The largest absolute Gasteiger partial charge is 0.507 e. The summed E-state index contributed by atoms with van der Waals surface area (Å²) in [6.07, 6.45) is 0. The molecular formula is C23H19ClN2O3S. The third-order valence-electron chi connectivity index (χ3n) is 5.02. The Bertz CT molecular complexity index is 1120. The summed E-state index contributed by atoms with van der Waals surface area (Å²) in [7, 11) is 3.86. The molecule has 5 nitrogen and oxygen atoms in total. The Balaban J connectivity index is 1.87. The highest BCUT2D eigenvalue weighted by Gasteiger charge is 2.47. The zero-order chi connectivity index (χ0) is 21.4. The standard InChI is InChI=1S/C23H19ClN2O3S/c1-25(2)16-9-11-17(12-10-16)26-20(18-4-3-13-30-18)19(22(28)23(26)29)21(27)14-5-7-15(24)8-6-14/h3-13,20,27H,1-2H3/b21-19-. The fraction of sp³-hybridized carbons (Fsp3) is 0.130. The maximum atomic E-state index is 13.0. The number of thiophene rings is 1. The van der Waals surface area contributed by atoms with Crippen LogP contribution in [0, 0.1) is 0 Å². The Morgan fingerprint density at radius 3 is 2.27 bits per heavy atom. The molecule has 2 heterocycles. The molecule has 1 saturated heterocycles. The number of ketones is 1. The zero-order valence-electron chi connectivity index (χ0n) is 16.4. The SMILES string of the molecule is CN(C)c1ccc(N2C(=O)C(=O)/C(=C(\O)c3ccc(Cl)cc3)C2c2cccs2)cc1. The third-order valence-corrected chi connectivity index (χ3v) is 6.20. The van der Waals surface area contributed by atoms with Crippen LogP contribution in [0.5, 0.6) is 0 Å². The summed E-state index contributed by atoms with van der Waals surface area (Å²) >= 11 is 7.38. The van der Waals surface area contributed by atoms with Gasteiger partial charge in [-0.3, -0.25) is 14.5 Å². The van der Waals surface area contributed by atoms with E-state index in [-0.39, 0.29) is 11.3 Å². The lowest BCUT2D eigenvalue weighted by Crippen LogP contribution is -2.29. The predicted molar refractivity (Wildman–Crippen MR) is 121 cm³/mol. The van der Waals surface area contributed by atoms with E-state index in [9.17, 15) is 14.7 Å². The van der Waals surface area contributed by atoms with Crippen LogP contribution in [-0.4, -0.2) is 30.9 Å². The van der Waals surface area contributed by atoms with E-state index in [1.165, 1.54) is 16.2 Å². The average molecular weight is 439 g/mol. The average Bonchev–Trinajstić information content (AvgIpc) is 3.35. The monoisotopic (exact) mass is 438 g/mol. The summed E-state index contributed by atoms with van der Waals surface area (Å²) in [5.41, 5.74) is 2.07. The lowest BCUT2D eigenvalue weighted by Gasteiger charge is -2.25. The number of hydrogen-bond donors (Lipinski definition) is 1. The van der Waals surface area contributed by atoms with Crippen LogP contribution in [0.1, 0.15) is 16.5 Å². The minimum Gasteiger partial charge on any atom is -0.507 e. The van der Waals surface area contributed by atoms with Crippen molar-refractivity contribution in [1.29, 1.82) is 0 Å². The lowest BCUT2D eigenvalue weighted by atomic mass is 10.00. The first-order valence-corrected chi connectivity index (χ1v) is 10.5. The van der Waals surface area contributed by atoms with Gasteiger partial charge >= 0.3 is 0 Å². The first-order valence-electron chi connectivity index (χ1n) is 9.26. The molecule has 7 heteroatoms. The van der Waals surface area contributed by atoms with Gasteiger partial charge < -0.3 is 10.0 Å². The molecule has 1 fully saturated rings. The molecule has 1 aromatic heterocycles. The number of aliphatic hydroxyl groups excluding tert-OH is 1. The highest BCUT2D eigenvalue weighted by Crippen LogP contribution is 2.43. The summed E-state index contributed by atoms with van der Waals surface area (Å²) in [6.45, 7) is 0. The van der Waals surface area contributed by atoms with Crippen molar-refractivity contribution in [3.05, 3.63) is 87.1 Å². The van der Waals surface area contributed by atoms with Crippen molar-refractivity contribution in [3.8, 4) is 0 Å². The van der Waals surface area contributed by atoms with Gasteiger partial charge in [0.05, 0.1) is 5.57 Å². The van der Waals surface area contributed by atoms with Crippen molar-refractivity contribution in [2.75, 3.05) is 23.9 Å². The van der Waals surface area contributed by atoms with Crippen molar-refractivity contribution < 1.29 is 14.7 Å². The molecule has 1 N–H and O–H groups in total. The van der Waals surface area contributed by atoms with E-state index in [2.05, 4.69) is 0 Å². The highest BCUT2D eigenvalue weighted by molar-refractivity contribution is 7.10. The maximum Gasteiger partial charge on any atom is 0.300 e. The minimum atomic E-state index is -0.711. The first kappa shape index (κ1) is 20.2. The normalized spacial score (nSPS) is 18.1. The molecule has 3 aromatic rings. The van der Waals surface area contributed by atoms with Gasteiger partial charge in [-0.25, -0.2) is 0 Å². The smallest absolute Gasteiger partial charge is 0.300 e. The quantitative estimate of drug-likeness (QED) is 0.350. The van der Waals surface area contributed by atoms with Crippen LogP contribution in [0.25, 0.3) is 5.76 Å². The Morgan fingerprint density at radius 2 is 1.70 bits per heavy atom. The van der Waals surface area contributed by atoms with Gasteiger partial charge in [-0.05, 0) is 60.0 Å². The van der Waals surface area contributed by atoms with E-state index in [0.717, 1.165) is 10.6 Å². The number of rotatable bonds is 4. The number of halogens is 1. The molecule has 0 spiro atoms. The molecule has 0 aliphatic carbocycles. The Kier molecular flexibility index (Phi) is 5.37. The second kappa shape index (κ2) is 7.97. The Labute approximate surface area is 183 Å². The number of hydrogen-bond acceptors (Lipinski definition) is 5. The number of amides is 1. The molecule has 0 radical (unpaired) electrons. The molecule has 30 heavy (non-hydrogen) atoms. The van der Waals surface area contributed by atoms with Crippen molar-refractivity contribution in [3.63, 3.8) is 0 Å². The van der Waals surface area contributed by atoms with E-state index in [1.807, 2.05) is 60.8 Å². The van der Waals surface area contributed by atoms with Gasteiger partial charge in [0.25, 0.3) is 11.7 Å². The number of benzene rings is 2. The molecule has 1 aliphatic rings. The molecule has 2 aromatic carbocycles. The van der Waals surface area contributed by atoms with E-state index in [0.29, 0.717) is 16.3 Å². The Hall–Kier alpha value is -3.09. The van der Waals surface area contributed by atoms with Crippen molar-refractivity contribution in [2.24, 2.45) is 0 Å². The van der Waals surface area contributed by atoms with Crippen LogP contribution in [0.3, 0.4) is 0 Å². The van der Waals surface area contributed by atoms with Gasteiger partial charge in [-0.2, -0.15) is 0 Å². The molecule has 1 unspecified atom stereocenters. The Morgan fingerprint density at radius 1 is 1.03 bits per heavy atom. The summed E-state index contributed by atoms with van der Waals surface area (Å²) in [5, 5.41) is 13.4. The fourth-order valence-corrected chi connectivity index (χ4v) is 4.44. The first-order chi connectivity index (χ1) is 14.4. The second-order valence-corrected chi connectivity index (χ2v) is 8.52. The number of aliphatic hydroxyl groups is 1. The lowest BCUT2D eigenvalue weighted by molar-refractivity contribution is -0.132. The third kappa shape index (κ3) is 3.49. The zero-order valence-corrected chi connectivity index (χ0v) is 17.9. The highest BCUT2D eigenvalue weighted by atomic mass is 35.5. The van der Waals surface area contributed by atoms with Crippen LogP contribution in [-0.2, 0) is 9.59 Å².